The minimum absolute atomic E-state index is 0.0266. The van der Waals surface area contributed by atoms with Crippen molar-refractivity contribution in [3.63, 3.8) is 0 Å². The normalized spacial score (nSPS) is 12.2. The number of halogens is 2. The molecule has 1 atom stereocenters. The monoisotopic (exact) mass is 276 g/mol. The molecule has 0 heterocycles. The van der Waals surface area contributed by atoms with Crippen LogP contribution in [0.1, 0.15) is 24.0 Å². The molecule has 0 amide bonds. The molecule has 19 heavy (non-hydrogen) atoms. The van der Waals surface area contributed by atoms with Crippen molar-refractivity contribution < 1.29 is 9.18 Å². The highest BCUT2D eigenvalue weighted by atomic mass is 35.5. The molecule has 0 bridgehead atoms. The molecule has 0 radical (unpaired) electrons. The van der Waals surface area contributed by atoms with Gasteiger partial charge in [0.2, 0.25) is 0 Å². The van der Waals surface area contributed by atoms with Crippen LogP contribution in [0, 0.1) is 5.82 Å². The van der Waals surface area contributed by atoms with Gasteiger partial charge in [0.25, 0.3) is 0 Å². The number of carbonyl (C=O) groups excluding carboxylic acids is 1. The Morgan fingerprint density at radius 2 is 1.89 bits per heavy atom. The lowest BCUT2D eigenvalue weighted by Crippen LogP contribution is -2.12. The van der Waals surface area contributed by atoms with Gasteiger partial charge in [-0.3, -0.25) is 4.79 Å². The maximum absolute atomic E-state index is 13.2. The first kappa shape index (κ1) is 13.8. The molecule has 3 heteroatoms. The Morgan fingerprint density at radius 3 is 2.58 bits per heavy atom. The summed E-state index contributed by atoms with van der Waals surface area (Å²) in [4.78, 5) is 12.2. The molecule has 2 aromatic carbocycles. The molecule has 0 aliphatic carbocycles. The third kappa shape index (κ3) is 3.42. The summed E-state index contributed by atoms with van der Waals surface area (Å²) in [6.07, 6.45) is 0.145. The lowest BCUT2D eigenvalue weighted by molar-refractivity contribution is -0.119. The Bertz CT molecular complexity index is 581. The van der Waals surface area contributed by atoms with E-state index in [1.807, 2.05) is 37.3 Å². The van der Waals surface area contributed by atoms with Crippen molar-refractivity contribution in [3.05, 3.63) is 70.5 Å². The number of hydrogen-bond donors (Lipinski definition) is 0. The number of ketones is 1. The van der Waals surface area contributed by atoms with Crippen molar-refractivity contribution in [1.29, 1.82) is 0 Å². The number of hydrogen-bond acceptors (Lipinski definition) is 1. The molecule has 0 saturated carbocycles. The quantitative estimate of drug-likeness (QED) is 0.809. The van der Waals surface area contributed by atoms with Gasteiger partial charge in [-0.25, -0.2) is 4.39 Å². The van der Waals surface area contributed by atoms with Crippen LogP contribution in [0.5, 0.6) is 0 Å². The van der Waals surface area contributed by atoms with E-state index < -0.39 is 0 Å². The van der Waals surface area contributed by atoms with Gasteiger partial charge in [-0.2, -0.15) is 0 Å². The Morgan fingerprint density at radius 1 is 1.21 bits per heavy atom. The highest BCUT2D eigenvalue weighted by Gasteiger charge is 2.16. The third-order valence-corrected chi connectivity index (χ3v) is 3.52. The average Bonchev–Trinajstić information content (AvgIpc) is 2.43. The number of benzene rings is 2. The summed E-state index contributed by atoms with van der Waals surface area (Å²) < 4.78 is 13.2. The first-order valence-corrected chi connectivity index (χ1v) is 6.47. The van der Waals surface area contributed by atoms with Crippen LogP contribution in [0.15, 0.2) is 48.5 Å². The Kier molecular flexibility index (Phi) is 4.33. The molecule has 0 aliphatic heterocycles. The fourth-order valence-corrected chi connectivity index (χ4v) is 2.13. The fraction of sp³-hybridized carbons (Fsp3) is 0.188. The third-order valence-electron chi connectivity index (χ3n) is 3.15. The zero-order valence-corrected chi connectivity index (χ0v) is 11.3. The standard InChI is InChI=1S/C16H14ClFO/c1-11(12-5-3-2-4-6-12)16(19)10-13-9-14(18)7-8-15(13)17/h2-9,11H,10H2,1H3. The molecule has 98 valence electrons. The minimum atomic E-state index is -0.375. The molecule has 1 unspecified atom stereocenters. The van der Waals surface area contributed by atoms with Crippen LogP contribution in [0.2, 0.25) is 5.02 Å². The van der Waals surface area contributed by atoms with E-state index in [4.69, 9.17) is 11.6 Å². The van der Waals surface area contributed by atoms with Gasteiger partial charge in [-0.05, 0) is 29.3 Å². The summed E-state index contributed by atoms with van der Waals surface area (Å²) in [6.45, 7) is 1.85. The number of rotatable bonds is 4. The highest BCUT2D eigenvalue weighted by Crippen LogP contribution is 2.22. The van der Waals surface area contributed by atoms with Gasteiger partial charge in [0.15, 0.2) is 0 Å². The van der Waals surface area contributed by atoms with Crippen LogP contribution in [-0.2, 0) is 11.2 Å². The van der Waals surface area contributed by atoms with Gasteiger partial charge in [-0.15, -0.1) is 0 Å². The summed E-state index contributed by atoms with van der Waals surface area (Å²) in [5, 5.41) is 0.426. The summed E-state index contributed by atoms with van der Waals surface area (Å²) in [5.74, 6) is -0.571. The van der Waals surface area contributed by atoms with E-state index in [-0.39, 0.29) is 23.9 Å². The molecule has 1 nitrogen and oxygen atoms in total. The summed E-state index contributed by atoms with van der Waals surface area (Å²) in [5.41, 5.74) is 1.49. The molecular weight excluding hydrogens is 263 g/mol. The fourth-order valence-electron chi connectivity index (χ4n) is 1.95. The molecule has 0 spiro atoms. The molecule has 0 fully saturated rings. The van der Waals surface area contributed by atoms with Crippen LogP contribution in [0.4, 0.5) is 4.39 Å². The molecule has 0 aromatic heterocycles. The second-order valence-corrected chi connectivity index (χ2v) is 4.92. The number of Topliss-reactive ketones (excluding diaryl/α,β-unsaturated/α-hetero) is 1. The van der Waals surface area contributed by atoms with Crippen molar-refractivity contribution in [3.8, 4) is 0 Å². The van der Waals surface area contributed by atoms with Crippen molar-refractivity contribution in [1.82, 2.24) is 0 Å². The first-order chi connectivity index (χ1) is 9.08. The maximum Gasteiger partial charge on any atom is 0.144 e. The summed E-state index contributed by atoms with van der Waals surface area (Å²) in [7, 11) is 0. The van der Waals surface area contributed by atoms with E-state index in [1.54, 1.807) is 0 Å². The van der Waals surface area contributed by atoms with Gasteiger partial charge in [0.05, 0.1) is 0 Å². The van der Waals surface area contributed by atoms with Gasteiger partial charge >= 0.3 is 0 Å². The smallest absolute Gasteiger partial charge is 0.144 e. The zero-order valence-electron chi connectivity index (χ0n) is 10.6. The number of carbonyl (C=O) groups is 1. The second kappa shape index (κ2) is 5.98. The lowest BCUT2D eigenvalue weighted by atomic mass is 9.93. The van der Waals surface area contributed by atoms with Crippen molar-refractivity contribution >= 4 is 17.4 Å². The molecule has 2 aromatic rings. The topological polar surface area (TPSA) is 17.1 Å². The minimum Gasteiger partial charge on any atom is -0.299 e. The molecular formula is C16H14ClFO. The van der Waals surface area contributed by atoms with Crippen LogP contribution in [0.25, 0.3) is 0 Å². The summed E-state index contributed by atoms with van der Waals surface area (Å²) in [6, 6.07) is 13.6. The predicted octanol–water partition coefficient (Wildman–Crippen LogP) is 4.39. The molecule has 0 N–H and O–H groups in total. The molecule has 2 rings (SSSR count). The first-order valence-electron chi connectivity index (χ1n) is 6.09. The van der Waals surface area contributed by atoms with Gasteiger partial charge < -0.3 is 0 Å². The van der Waals surface area contributed by atoms with E-state index in [0.29, 0.717) is 10.6 Å². The van der Waals surface area contributed by atoms with Crippen molar-refractivity contribution in [2.24, 2.45) is 0 Å². The SMILES string of the molecule is CC(C(=O)Cc1cc(F)ccc1Cl)c1ccccc1. The lowest BCUT2D eigenvalue weighted by Gasteiger charge is -2.11. The van der Waals surface area contributed by atoms with E-state index in [2.05, 4.69) is 0 Å². The van der Waals surface area contributed by atoms with Gasteiger partial charge in [0.1, 0.15) is 11.6 Å². The summed E-state index contributed by atoms with van der Waals surface area (Å²) >= 11 is 5.97. The predicted molar refractivity (Wildman–Crippen MR) is 75.0 cm³/mol. The zero-order chi connectivity index (χ0) is 13.8. The van der Waals surface area contributed by atoms with Gasteiger partial charge in [-0.1, -0.05) is 48.9 Å². The average molecular weight is 277 g/mol. The second-order valence-electron chi connectivity index (χ2n) is 4.51. The van der Waals surface area contributed by atoms with E-state index in [9.17, 15) is 9.18 Å². The van der Waals surface area contributed by atoms with Crippen LogP contribution in [-0.4, -0.2) is 5.78 Å². The van der Waals surface area contributed by atoms with Crippen LogP contribution < -0.4 is 0 Å². The van der Waals surface area contributed by atoms with Crippen LogP contribution in [0.3, 0.4) is 0 Å². The van der Waals surface area contributed by atoms with Crippen molar-refractivity contribution in [2.45, 2.75) is 19.3 Å². The van der Waals surface area contributed by atoms with E-state index >= 15 is 0 Å². The maximum atomic E-state index is 13.2. The van der Waals surface area contributed by atoms with E-state index in [0.717, 1.165) is 5.56 Å². The largest absolute Gasteiger partial charge is 0.299 e. The Balaban J connectivity index is 2.15. The van der Waals surface area contributed by atoms with Crippen molar-refractivity contribution in [2.75, 3.05) is 0 Å². The Hall–Kier alpha value is -1.67. The molecule has 0 aliphatic rings. The van der Waals surface area contributed by atoms with E-state index in [1.165, 1.54) is 18.2 Å². The highest BCUT2D eigenvalue weighted by molar-refractivity contribution is 6.31. The Labute approximate surface area is 117 Å². The van der Waals surface area contributed by atoms with Gasteiger partial charge in [0, 0.05) is 17.4 Å². The van der Waals surface area contributed by atoms with Crippen LogP contribution >= 0.6 is 11.6 Å². The molecule has 0 saturated heterocycles.